The molecule has 0 saturated carbocycles. The number of ether oxygens (including phenoxy) is 1. The molecular weight excluding hydrogens is 1130 g/mol. The van der Waals surface area contributed by atoms with E-state index in [4.69, 9.17) is 10.5 Å². The van der Waals surface area contributed by atoms with Crippen LogP contribution < -0.4 is 11.1 Å². The zero-order valence-corrected chi connectivity index (χ0v) is 49.4. The van der Waals surface area contributed by atoms with Gasteiger partial charge in [0.05, 0.1) is 43.0 Å². The summed E-state index contributed by atoms with van der Waals surface area (Å²) >= 11 is 13.8. The van der Waals surface area contributed by atoms with Crippen molar-refractivity contribution in [3.8, 4) is 33.4 Å². The third-order valence-corrected chi connectivity index (χ3v) is 17.5. The van der Waals surface area contributed by atoms with E-state index < -0.39 is 21.5 Å². The fraction of sp³-hybridized carbons (Fsp3) is 0.193. The molecule has 0 atom stereocenters. The quantitative estimate of drug-likeness (QED) is 0.108. The zero-order valence-electron chi connectivity index (χ0n) is 42.0. The van der Waals surface area contributed by atoms with E-state index in [0.717, 1.165) is 48.1 Å². The molecule has 17 heteroatoms. The molecule has 0 saturated heterocycles. The molecule has 3 N–H and O–H groups in total. The van der Waals surface area contributed by atoms with Gasteiger partial charge in [-0.05, 0) is 134 Å². The lowest BCUT2D eigenvalue weighted by Gasteiger charge is -2.19. The molecule has 0 aliphatic heterocycles. The van der Waals surface area contributed by atoms with Gasteiger partial charge in [0.2, 0.25) is 9.84 Å². The Bertz CT molecular complexity index is 3300. The number of hydrogen-bond donors (Lipinski definition) is 3. The number of carbonyl (C=O) groups is 1. The minimum absolute atomic E-state index is 0. The number of hydrogen-bond acceptors (Lipinski definition) is 13. The van der Waals surface area contributed by atoms with Crippen molar-refractivity contribution in [3.63, 3.8) is 0 Å². The van der Waals surface area contributed by atoms with Crippen LogP contribution in [0.25, 0.3) is 33.4 Å². The smallest absolute Gasteiger partial charge is 0.408 e. The van der Waals surface area contributed by atoms with Crippen molar-refractivity contribution in [2.24, 2.45) is 5.73 Å². The molecule has 9 aromatic rings. The molecule has 6 aromatic carbocycles. The summed E-state index contributed by atoms with van der Waals surface area (Å²) in [5.41, 5.74) is 15.6. The highest BCUT2D eigenvalue weighted by atomic mass is 79.9. The summed E-state index contributed by atoms with van der Waals surface area (Å²) in [6.07, 6.45) is 5.65. The number of amides is 1. The number of halogens is 2. The molecule has 0 radical (unpaired) electrons. The first-order chi connectivity index (χ1) is 34.9. The highest BCUT2D eigenvalue weighted by molar-refractivity contribution is 9.11. The first kappa shape index (κ1) is 59.7. The molecule has 0 unspecified atom stereocenters. The molecule has 9 nitrogen and oxygen atoms in total. The van der Waals surface area contributed by atoms with Crippen molar-refractivity contribution in [1.29, 1.82) is 0 Å². The Hall–Kier alpha value is -5.14. The number of thiazole rings is 3. The van der Waals surface area contributed by atoms with Crippen LogP contribution in [0.2, 0.25) is 0 Å². The molecule has 1 amide bonds. The van der Waals surface area contributed by atoms with Gasteiger partial charge in [-0.2, -0.15) is 0 Å². The lowest BCUT2D eigenvalue weighted by atomic mass is 10.0. The second-order valence-corrected chi connectivity index (χ2v) is 26.2. The highest BCUT2D eigenvalue weighted by Gasteiger charge is 2.21. The molecule has 0 aliphatic rings. The summed E-state index contributed by atoms with van der Waals surface area (Å²) in [4.78, 5) is 26.3. The largest absolute Gasteiger partial charge is 0.444 e. The van der Waals surface area contributed by atoms with E-state index in [2.05, 4.69) is 155 Å². The van der Waals surface area contributed by atoms with Crippen LogP contribution in [0.15, 0.2) is 191 Å². The number of benzene rings is 6. The fourth-order valence-electron chi connectivity index (χ4n) is 6.59. The molecule has 0 bridgehead atoms. The predicted molar refractivity (Wildman–Crippen MR) is 318 cm³/mol. The Morgan fingerprint density at radius 1 is 0.662 bits per heavy atom. The average molecular weight is 1190 g/mol. The minimum atomic E-state index is -3.57. The number of alkyl carbamates (subject to hydrolysis) is 1. The van der Waals surface area contributed by atoms with Crippen LogP contribution in [0.4, 0.5) is 4.79 Å². The maximum Gasteiger partial charge on any atom is 0.408 e. The first-order valence-corrected chi connectivity index (χ1v) is 29.2. The van der Waals surface area contributed by atoms with Crippen molar-refractivity contribution in [2.45, 2.75) is 96.7 Å². The van der Waals surface area contributed by atoms with Gasteiger partial charge in [-0.15, -0.1) is 59.0 Å². The van der Waals surface area contributed by atoms with Gasteiger partial charge >= 0.3 is 6.09 Å². The third kappa shape index (κ3) is 18.9. The summed E-state index contributed by atoms with van der Waals surface area (Å²) in [7, 11) is -3.57. The number of aryl methyl sites for hydroxylation is 4. The highest BCUT2D eigenvalue weighted by Crippen LogP contribution is 2.35. The van der Waals surface area contributed by atoms with Gasteiger partial charge in [0.15, 0.2) is 0 Å². The number of aromatic nitrogens is 3. The molecule has 0 aliphatic carbocycles. The van der Waals surface area contributed by atoms with E-state index in [1.165, 1.54) is 65.0 Å². The molecular formula is C57H59BrClN5O4S6. The van der Waals surface area contributed by atoms with E-state index in [1.54, 1.807) is 47.5 Å². The predicted octanol–water partition coefficient (Wildman–Crippen LogP) is 16.5. The van der Waals surface area contributed by atoms with Crippen LogP contribution in [-0.4, -0.2) is 35.1 Å². The van der Waals surface area contributed by atoms with Crippen molar-refractivity contribution >= 4 is 103 Å². The second-order valence-electron chi connectivity index (χ2n) is 17.4. The summed E-state index contributed by atoms with van der Waals surface area (Å²) < 4.78 is 33.0. The lowest BCUT2D eigenvalue weighted by Crippen LogP contribution is -2.32. The average Bonchev–Trinajstić information content (AvgIpc) is 4.16. The second kappa shape index (κ2) is 28.7. The number of nitrogens with one attached hydrogen (secondary N) is 1. The Morgan fingerprint density at radius 2 is 1.18 bits per heavy atom. The van der Waals surface area contributed by atoms with Gasteiger partial charge in [-0.3, -0.25) is 0 Å². The van der Waals surface area contributed by atoms with Crippen LogP contribution in [0, 0.1) is 20.8 Å². The zero-order chi connectivity index (χ0) is 52.5. The number of nitrogens with zero attached hydrogens (tertiary/aromatic N) is 3. The van der Waals surface area contributed by atoms with Crippen molar-refractivity contribution in [3.05, 3.63) is 200 Å². The van der Waals surface area contributed by atoms with Crippen molar-refractivity contribution in [2.75, 3.05) is 0 Å². The van der Waals surface area contributed by atoms with Crippen LogP contribution in [0.3, 0.4) is 0 Å². The van der Waals surface area contributed by atoms with Gasteiger partial charge in [0.1, 0.15) is 19.8 Å². The molecule has 3 heterocycles. The SMILES string of the molecule is CC(C)(C)OC(=O)NCc1ncc(Br)s1.CCc1ncc(Sc2cccc(-c3ccc(C)cc3)c2)s1.Cc1ccc(-c2cccc(S(=O)(=O)c3cnc(CN)s3)c2)cc1.Cc1ccc(-c2cccc(S)c2)cc1.Cl. The van der Waals surface area contributed by atoms with E-state index >= 15 is 0 Å². The van der Waals surface area contributed by atoms with Gasteiger partial charge in [-0.1, -0.05) is 145 Å². The summed E-state index contributed by atoms with van der Waals surface area (Å²) in [6.45, 7) is 14.5. The number of carbonyl (C=O) groups excluding carboxylic acids is 1. The van der Waals surface area contributed by atoms with E-state index in [9.17, 15) is 13.2 Å². The number of thiol groups is 1. The summed E-state index contributed by atoms with van der Waals surface area (Å²) in [6, 6.07) is 49.0. The minimum Gasteiger partial charge on any atom is -0.444 e. The molecule has 386 valence electrons. The maximum atomic E-state index is 12.7. The molecule has 74 heavy (non-hydrogen) atoms. The van der Waals surface area contributed by atoms with Crippen LogP contribution >= 0.6 is 86.7 Å². The van der Waals surface area contributed by atoms with E-state index in [-0.39, 0.29) is 28.1 Å². The van der Waals surface area contributed by atoms with Crippen LogP contribution in [0.5, 0.6) is 0 Å². The summed E-state index contributed by atoms with van der Waals surface area (Å²) in [5.74, 6) is 0. The molecule has 0 fully saturated rings. The number of nitrogens with two attached hydrogens (primary N) is 1. The van der Waals surface area contributed by atoms with Gasteiger partial charge in [-0.25, -0.2) is 28.2 Å². The molecule has 9 rings (SSSR count). The van der Waals surface area contributed by atoms with Crippen LogP contribution in [0.1, 0.15) is 59.4 Å². The Kier molecular flexibility index (Phi) is 23.1. The first-order valence-electron chi connectivity index (χ1n) is 23.2. The number of sulfone groups is 1. The van der Waals surface area contributed by atoms with Gasteiger partial charge < -0.3 is 15.8 Å². The maximum absolute atomic E-state index is 12.7. The Balaban J connectivity index is 0.000000186. The fourth-order valence-corrected chi connectivity index (χ4v) is 12.6. The van der Waals surface area contributed by atoms with Crippen molar-refractivity contribution < 1.29 is 17.9 Å². The monoisotopic (exact) mass is 1180 g/mol. The third-order valence-electron chi connectivity index (χ3n) is 10.3. The number of rotatable bonds is 11. The lowest BCUT2D eigenvalue weighted by molar-refractivity contribution is 0.0523. The Labute approximate surface area is 472 Å². The van der Waals surface area contributed by atoms with E-state index in [0.29, 0.717) is 11.6 Å². The van der Waals surface area contributed by atoms with Gasteiger partial charge in [0, 0.05) is 16.3 Å². The van der Waals surface area contributed by atoms with Gasteiger partial charge in [0.25, 0.3) is 0 Å². The topological polar surface area (TPSA) is 137 Å². The van der Waals surface area contributed by atoms with E-state index in [1.807, 2.05) is 76.4 Å². The standard InChI is InChI=1S/C18H17NS2.C17H16N2O2S2.C13H12S.C9H13BrN2O2S.ClH/c1-3-17-19-12-18(21-17)20-16-6-4-5-15(11-16)14-9-7-13(2)8-10-14;1-12-5-7-13(8-6-12)14-3-2-4-15(9-14)23(20,21)17-11-19-16(10-18)22-17;1-10-5-7-11(8-6-10)12-3-2-4-13(14)9-12;1-9(2,3)14-8(13)12-5-7-11-4-6(10)15-7;/h4-12H,3H2,1-2H3;2-9,11H,10,18H2,1H3;2-9,14H,1H3;4H,5H2,1-3H3,(H,12,13);1H. The molecule has 3 aromatic heterocycles. The summed E-state index contributed by atoms with van der Waals surface area (Å²) in [5, 5.41) is 5.29. The van der Waals surface area contributed by atoms with Crippen LogP contribution in [-0.2, 0) is 34.1 Å². The molecule has 0 spiro atoms. The van der Waals surface area contributed by atoms with Crippen molar-refractivity contribution in [1.82, 2.24) is 20.3 Å². The normalized spacial score (nSPS) is 10.8. The Morgan fingerprint density at radius 3 is 1.66 bits per heavy atom.